The summed E-state index contributed by atoms with van der Waals surface area (Å²) in [4.78, 5) is 28.1. The molecule has 39 heavy (non-hydrogen) atoms. The van der Waals surface area contributed by atoms with E-state index in [1.807, 2.05) is 36.4 Å². The van der Waals surface area contributed by atoms with E-state index >= 15 is 0 Å². The fourth-order valence-electron chi connectivity index (χ4n) is 4.30. The summed E-state index contributed by atoms with van der Waals surface area (Å²) in [7, 11) is 2.95. The molecule has 1 atom stereocenters. The summed E-state index contributed by atoms with van der Waals surface area (Å²) in [5.41, 5.74) is 2.13. The number of nitrogens with zero attached hydrogens (tertiary/aromatic N) is 2. The fraction of sp³-hybridized carbons (Fsp3) is 0.310. The predicted octanol–water partition coefficient (Wildman–Crippen LogP) is 4.87. The van der Waals surface area contributed by atoms with Crippen LogP contribution in [0.4, 0.5) is 19.3 Å². The van der Waals surface area contributed by atoms with Crippen molar-refractivity contribution in [3.63, 3.8) is 0 Å². The van der Waals surface area contributed by atoms with Gasteiger partial charge in [-0.2, -0.15) is 0 Å². The molecule has 1 aliphatic rings. The Morgan fingerprint density at radius 1 is 0.949 bits per heavy atom. The standard InChI is InChI=1S/C29H31F2N3O5/c1-37-24-5-3-4-22(16-24)27(39-19-20-6-8-21(9-7-20)28(35)38-2)18-33-12-14-34(15-13-33)29(36)32-26-17-23(30)10-11-25(26)31/h3-11,16-17,27H,12-15,18-19H2,1-2H3,(H,32,36). The number of methoxy groups -OCH3 is 2. The second-order valence-corrected chi connectivity index (χ2v) is 9.11. The largest absolute Gasteiger partial charge is 0.497 e. The Morgan fingerprint density at radius 2 is 1.69 bits per heavy atom. The Balaban J connectivity index is 1.38. The number of carbonyl (C=O) groups excluding carboxylic acids is 2. The van der Waals surface area contributed by atoms with Gasteiger partial charge in [0.05, 0.1) is 38.2 Å². The quantitative estimate of drug-likeness (QED) is 0.391. The van der Waals surface area contributed by atoms with Crippen LogP contribution in [0.5, 0.6) is 5.75 Å². The lowest BCUT2D eigenvalue weighted by molar-refractivity contribution is 0.00582. The second kappa shape index (κ2) is 13.2. The van der Waals surface area contributed by atoms with Crippen molar-refractivity contribution in [2.45, 2.75) is 12.7 Å². The van der Waals surface area contributed by atoms with Crippen LogP contribution in [-0.4, -0.2) is 68.7 Å². The molecule has 1 fully saturated rings. The molecular formula is C29H31F2N3O5. The highest BCUT2D eigenvalue weighted by atomic mass is 19.1. The maximum Gasteiger partial charge on any atom is 0.337 e. The summed E-state index contributed by atoms with van der Waals surface area (Å²) < 4.78 is 43.9. The van der Waals surface area contributed by atoms with Crippen LogP contribution in [-0.2, 0) is 16.1 Å². The first-order valence-electron chi connectivity index (χ1n) is 12.5. The van der Waals surface area contributed by atoms with Gasteiger partial charge in [-0.3, -0.25) is 4.90 Å². The van der Waals surface area contributed by atoms with E-state index in [0.717, 1.165) is 35.1 Å². The van der Waals surface area contributed by atoms with Crippen molar-refractivity contribution in [3.8, 4) is 5.75 Å². The van der Waals surface area contributed by atoms with Gasteiger partial charge in [0.2, 0.25) is 0 Å². The van der Waals surface area contributed by atoms with Gasteiger partial charge in [-0.1, -0.05) is 24.3 Å². The average Bonchev–Trinajstić information content (AvgIpc) is 2.97. The van der Waals surface area contributed by atoms with Gasteiger partial charge in [-0.05, 0) is 47.5 Å². The van der Waals surface area contributed by atoms with Crippen molar-refractivity contribution in [2.24, 2.45) is 0 Å². The minimum Gasteiger partial charge on any atom is -0.497 e. The highest BCUT2D eigenvalue weighted by Gasteiger charge is 2.25. The predicted molar refractivity (Wildman–Crippen MR) is 142 cm³/mol. The Bertz CT molecular complexity index is 1280. The van der Waals surface area contributed by atoms with Crippen LogP contribution in [0.1, 0.15) is 27.6 Å². The van der Waals surface area contributed by atoms with Gasteiger partial charge in [0.1, 0.15) is 17.4 Å². The number of esters is 1. The van der Waals surface area contributed by atoms with E-state index < -0.39 is 23.6 Å². The molecule has 1 aliphatic heterocycles. The normalized spacial score (nSPS) is 14.5. The van der Waals surface area contributed by atoms with E-state index in [1.165, 1.54) is 7.11 Å². The van der Waals surface area contributed by atoms with E-state index in [4.69, 9.17) is 14.2 Å². The third-order valence-electron chi connectivity index (χ3n) is 6.55. The number of ether oxygens (including phenoxy) is 3. The van der Waals surface area contributed by atoms with E-state index in [2.05, 4.69) is 10.2 Å². The van der Waals surface area contributed by atoms with Crippen molar-refractivity contribution in [1.29, 1.82) is 0 Å². The first kappa shape index (κ1) is 28.0. The first-order valence-corrected chi connectivity index (χ1v) is 12.5. The minimum absolute atomic E-state index is 0.187. The van der Waals surface area contributed by atoms with Gasteiger partial charge >= 0.3 is 12.0 Å². The van der Waals surface area contributed by atoms with Gasteiger partial charge in [-0.15, -0.1) is 0 Å². The van der Waals surface area contributed by atoms with Gasteiger partial charge in [0, 0.05) is 38.8 Å². The van der Waals surface area contributed by atoms with Crippen LogP contribution in [0.25, 0.3) is 0 Å². The maximum atomic E-state index is 13.9. The van der Waals surface area contributed by atoms with Crippen LogP contribution in [0.3, 0.4) is 0 Å². The van der Waals surface area contributed by atoms with Crippen LogP contribution < -0.4 is 10.1 Å². The molecular weight excluding hydrogens is 508 g/mol. The fourth-order valence-corrected chi connectivity index (χ4v) is 4.30. The number of amides is 2. The van der Waals surface area contributed by atoms with E-state index in [-0.39, 0.29) is 11.8 Å². The Kier molecular flexibility index (Phi) is 9.45. The van der Waals surface area contributed by atoms with E-state index in [0.29, 0.717) is 44.9 Å². The number of piperazine rings is 1. The summed E-state index contributed by atoms with van der Waals surface area (Å²) in [5.74, 6) is -0.999. The number of nitrogens with one attached hydrogen (secondary N) is 1. The molecule has 3 aromatic carbocycles. The van der Waals surface area contributed by atoms with Crippen molar-refractivity contribution in [2.75, 3.05) is 52.3 Å². The number of benzene rings is 3. The molecule has 1 heterocycles. The number of urea groups is 1. The molecule has 0 aliphatic carbocycles. The lowest BCUT2D eigenvalue weighted by Gasteiger charge is -2.36. The second-order valence-electron chi connectivity index (χ2n) is 9.11. The Morgan fingerprint density at radius 3 is 2.38 bits per heavy atom. The molecule has 0 aromatic heterocycles. The minimum atomic E-state index is -0.693. The molecule has 8 nitrogen and oxygen atoms in total. The SMILES string of the molecule is COC(=O)c1ccc(COC(CN2CCN(C(=O)Nc3cc(F)ccc3F)CC2)c2cccc(OC)c2)cc1. The Hall–Kier alpha value is -4.02. The summed E-state index contributed by atoms with van der Waals surface area (Å²) in [5, 5.41) is 2.45. The van der Waals surface area contributed by atoms with Crippen LogP contribution in [0.15, 0.2) is 66.7 Å². The molecule has 2 amide bonds. The maximum absolute atomic E-state index is 13.9. The molecule has 10 heteroatoms. The van der Waals surface area contributed by atoms with Gasteiger partial charge in [0.15, 0.2) is 0 Å². The zero-order valence-corrected chi connectivity index (χ0v) is 21.9. The molecule has 0 spiro atoms. The monoisotopic (exact) mass is 539 g/mol. The van der Waals surface area contributed by atoms with Crippen LogP contribution >= 0.6 is 0 Å². The highest BCUT2D eigenvalue weighted by molar-refractivity contribution is 5.90. The van der Waals surface area contributed by atoms with Crippen LogP contribution in [0.2, 0.25) is 0 Å². The average molecular weight is 540 g/mol. The first-order chi connectivity index (χ1) is 18.9. The lowest BCUT2D eigenvalue weighted by Crippen LogP contribution is -2.50. The third-order valence-corrected chi connectivity index (χ3v) is 6.55. The summed E-state index contributed by atoms with van der Waals surface area (Å²) in [6, 6.07) is 17.2. The van der Waals surface area contributed by atoms with Crippen molar-refractivity contribution in [3.05, 3.63) is 95.1 Å². The topological polar surface area (TPSA) is 80.3 Å². The number of hydrogen-bond acceptors (Lipinski definition) is 6. The van der Waals surface area contributed by atoms with Crippen LogP contribution in [0, 0.1) is 11.6 Å². The molecule has 3 aromatic rings. The van der Waals surface area contributed by atoms with Crippen molar-refractivity contribution < 1.29 is 32.6 Å². The summed E-state index contributed by atoms with van der Waals surface area (Å²) in [6.07, 6.45) is -0.290. The van der Waals surface area contributed by atoms with Crippen molar-refractivity contribution in [1.82, 2.24) is 9.80 Å². The molecule has 1 unspecified atom stereocenters. The van der Waals surface area contributed by atoms with E-state index in [1.54, 1.807) is 24.1 Å². The van der Waals surface area contributed by atoms with E-state index in [9.17, 15) is 18.4 Å². The molecule has 0 saturated carbocycles. The number of carbonyl (C=O) groups is 2. The summed E-state index contributed by atoms with van der Waals surface area (Å²) in [6.45, 7) is 2.89. The number of hydrogen-bond donors (Lipinski definition) is 1. The molecule has 206 valence electrons. The number of rotatable bonds is 9. The van der Waals surface area contributed by atoms with Gasteiger partial charge < -0.3 is 24.4 Å². The zero-order chi connectivity index (χ0) is 27.8. The molecule has 0 bridgehead atoms. The highest BCUT2D eigenvalue weighted by Crippen LogP contribution is 2.25. The number of halogens is 2. The molecule has 0 radical (unpaired) electrons. The summed E-state index contributed by atoms with van der Waals surface area (Å²) >= 11 is 0. The van der Waals surface area contributed by atoms with Gasteiger partial charge in [0.25, 0.3) is 0 Å². The Labute approximate surface area is 226 Å². The molecule has 1 N–H and O–H groups in total. The smallest absolute Gasteiger partial charge is 0.337 e. The molecule has 4 rings (SSSR count). The third kappa shape index (κ3) is 7.52. The molecule has 1 saturated heterocycles. The lowest BCUT2D eigenvalue weighted by atomic mass is 10.1. The van der Waals surface area contributed by atoms with Crippen molar-refractivity contribution >= 4 is 17.7 Å². The zero-order valence-electron chi connectivity index (χ0n) is 21.9. The number of anilines is 1. The van der Waals surface area contributed by atoms with Gasteiger partial charge in [-0.25, -0.2) is 18.4 Å².